The third-order valence-electron chi connectivity index (χ3n) is 10.8. The number of anilines is 6. The molecule has 0 saturated carbocycles. The highest BCUT2D eigenvalue weighted by Gasteiger charge is 2.28. The van der Waals surface area contributed by atoms with Crippen LogP contribution < -0.4 is 9.80 Å². The van der Waals surface area contributed by atoms with Gasteiger partial charge in [0.05, 0.1) is 29.6 Å². The summed E-state index contributed by atoms with van der Waals surface area (Å²) in [5.41, 5.74) is 15.2. The Balaban J connectivity index is 1.15. The molecule has 11 rings (SSSR count). The van der Waals surface area contributed by atoms with Crippen molar-refractivity contribution in [3.05, 3.63) is 206 Å². The predicted molar refractivity (Wildman–Crippen MR) is 228 cm³/mol. The summed E-state index contributed by atoms with van der Waals surface area (Å²) in [5.74, 6) is 0. The van der Waals surface area contributed by atoms with Crippen LogP contribution >= 0.6 is 0 Å². The number of benzene rings is 9. The first-order valence-corrected chi connectivity index (χ1v) is 18.2. The van der Waals surface area contributed by atoms with E-state index in [0.29, 0.717) is 0 Å². The van der Waals surface area contributed by atoms with Gasteiger partial charge in [-0.1, -0.05) is 146 Å². The zero-order valence-electron chi connectivity index (χ0n) is 34.1. The fourth-order valence-corrected chi connectivity index (χ4v) is 8.40. The number of hydrogen-bond donors (Lipinski definition) is 0. The molecular weight excluding hydrogens is 653 g/mol. The molecule has 0 aliphatic carbocycles. The van der Waals surface area contributed by atoms with Crippen molar-refractivity contribution in [3.63, 3.8) is 0 Å². The maximum absolute atomic E-state index is 9.08. The van der Waals surface area contributed by atoms with Gasteiger partial charge in [-0.3, -0.25) is 0 Å². The largest absolute Gasteiger partial charge is 0.309 e. The van der Waals surface area contributed by atoms with Gasteiger partial charge in [0.2, 0.25) is 0 Å². The number of hydrogen-bond acceptors (Lipinski definition) is 2. The minimum Gasteiger partial charge on any atom is -0.309 e. The second-order valence-corrected chi connectivity index (χ2v) is 13.8. The molecule has 2 nitrogen and oxygen atoms in total. The lowest BCUT2D eigenvalue weighted by molar-refractivity contribution is 1.29. The highest BCUT2D eigenvalue weighted by atomic mass is 15.2. The van der Waals surface area contributed by atoms with Crippen LogP contribution in [0.5, 0.6) is 0 Å². The molecule has 0 amide bonds. The van der Waals surface area contributed by atoms with Gasteiger partial charge in [-0.25, -0.2) is 0 Å². The molecule has 0 atom stereocenters. The highest BCUT2D eigenvalue weighted by molar-refractivity contribution is 6.06. The van der Waals surface area contributed by atoms with Gasteiger partial charge in [-0.15, -0.1) is 0 Å². The van der Waals surface area contributed by atoms with Crippen molar-refractivity contribution in [2.24, 2.45) is 0 Å². The fraction of sp³-hybridized carbons (Fsp3) is 0. The van der Waals surface area contributed by atoms with Crippen molar-refractivity contribution >= 4 is 44.9 Å². The number of para-hydroxylation sites is 3. The molecule has 2 aliphatic heterocycles. The van der Waals surface area contributed by atoms with Crippen LogP contribution in [0.4, 0.5) is 34.1 Å². The predicted octanol–water partition coefficient (Wildman–Crippen LogP) is 14.7. The lowest BCUT2D eigenvalue weighted by Crippen LogP contribution is -2.11. The summed E-state index contributed by atoms with van der Waals surface area (Å²) in [6.45, 7) is 0. The van der Waals surface area contributed by atoms with Crippen molar-refractivity contribution in [2.75, 3.05) is 9.80 Å². The van der Waals surface area contributed by atoms with Crippen LogP contribution in [0.15, 0.2) is 206 Å². The van der Waals surface area contributed by atoms with E-state index in [4.69, 9.17) is 6.85 Å². The van der Waals surface area contributed by atoms with E-state index in [9.17, 15) is 0 Å². The molecule has 0 radical (unpaired) electrons. The van der Waals surface area contributed by atoms with Crippen molar-refractivity contribution in [1.29, 1.82) is 0 Å². The molecule has 9 aromatic rings. The summed E-state index contributed by atoms with van der Waals surface area (Å²) in [5, 5.41) is 2.36. The molecule has 54 heavy (non-hydrogen) atoms. The molecule has 0 saturated heterocycles. The van der Waals surface area contributed by atoms with E-state index in [0.717, 1.165) is 84.1 Å². The Kier molecular flexibility index (Phi) is 5.83. The third kappa shape index (κ3) is 4.74. The van der Waals surface area contributed by atoms with E-state index in [1.807, 2.05) is 47.4 Å². The SMILES string of the molecule is [2H]c1c([2H])c([2H])c(N2c3ccccc3-c3ccccc3-c3cc(-c4ccc5c(c4)-c4ccccc4-c4ccccc4N5c4ccc5ccccc5c4)ccc32)c([2H])c1[2H]. The zero-order valence-corrected chi connectivity index (χ0v) is 29.1. The van der Waals surface area contributed by atoms with E-state index in [2.05, 4.69) is 138 Å². The van der Waals surface area contributed by atoms with Crippen LogP contribution in [0.25, 0.3) is 66.4 Å². The Hall–Kier alpha value is -7.16. The van der Waals surface area contributed by atoms with Gasteiger partial charge < -0.3 is 9.80 Å². The number of rotatable bonds is 3. The second-order valence-electron chi connectivity index (χ2n) is 13.8. The first-order valence-electron chi connectivity index (χ1n) is 20.7. The minimum atomic E-state index is -0.419. The van der Waals surface area contributed by atoms with Crippen LogP contribution in [0.3, 0.4) is 0 Å². The average Bonchev–Trinajstić information content (AvgIpc) is 3.49. The molecule has 0 fully saturated rings. The Morgan fingerprint density at radius 1 is 0.296 bits per heavy atom. The summed E-state index contributed by atoms with van der Waals surface area (Å²) in [6, 6.07) is 59.8. The van der Waals surface area contributed by atoms with Crippen LogP contribution in [0.1, 0.15) is 6.85 Å². The first-order chi connectivity index (χ1) is 28.9. The maximum Gasteiger partial charge on any atom is 0.0645 e. The van der Waals surface area contributed by atoms with Gasteiger partial charge in [0.1, 0.15) is 0 Å². The molecule has 0 aromatic heterocycles. The van der Waals surface area contributed by atoms with Crippen molar-refractivity contribution in [3.8, 4) is 55.6 Å². The Morgan fingerprint density at radius 2 is 0.722 bits per heavy atom. The summed E-state index contributed by atoms with van der Waals surface area (Å²) >= 11 is 0. The molecule has 0 bridgehead atoms. The van der Waals surface area contributed by atoms with Crippen LogP contribution in [-0.4, -0.2) is 0 Å². The van der Waals surface area contributed by atoms with E-state index in [1.165, 1.54) is 10.8 Å². The summed E-state index contributed by atoms with van der Waals surface area (Å²) in [7, 11) is 0. The quantitative estimate of drug-likeness (QED) is 0.182. The molecule has 0 N–H and O–H groups in total. The van der Waals surface area contributed by atoms with Gasteiger partial charge in [0.25, 0.3) is 0 Å². The van der Waals surface area contributed by atoms with Gasteiger partial charge in [0, 0.05) is 33.6 Å². The highest BCUT2D eigenvalue weighted by Crippen LogP contribution is 2.54. The van der Waals surface area contributed by atoms with E-state index < -0.39 is 6.04 Å². The standard InChI is InChI=1S/C52H34N2/c1-2-16-39(17-3-1)53-49-24-12-10-22-45(49)41-18-6-8-20-43(41)47-33-37(27-30-51(47)53)38-28-31-52-48(34-38)44-21-9-7-19-42(44)46-23-11-13-25-50(46)54(52)40-29-26-35-14-4-5-15-36(35)32-40/h1-34H/i1D,2D,3D,16D,17D. The molecule has 0 unspecified atom stereocenters. The Labute approximate surface area is 322 Å². The number of fused-ring (bicyclic) bond motifs is 11. The summed E-state index contributed by atoms with van der Waals surface area (Å²) in [6.07, 6.45) is 0. The summed E-state index contributed by atoms with van der Waals surface area (Å²) < 4.78 is 43.7. The van der Waals surface area contributed by atoms with Gasteiger partial charge in [-0.2, -0.15) is 0 Å². The normalized spacial score (nSPS) is 13.7. The molecular formula is C52H34N2. The molecule has 9 aromatic carbocycles. The maximum atomic E-state index is 9.08. The molecule has 252 valence electrons. The van der Waals surface area contributed by atoms with Crippen LogP contribution in [0.2, 0.25) is 0 Å². The van der Waals surface area contributed by atoms with Crippen molar-refractivity contribution in [2.45, 2.75) is 0 Å². The fourth-order valence-electron chi connectivity index (χ4n) is 8.40. The van der Waals surface area contributed by atoms with Crippen LogP contribution in [0, 0.1) is 0 Å². The lowest BCUT2D eigenvalue weighted by Gasteiger charge is -2.28. The smallest absolute Gasteiger partial charge is 0.0645 e. The first kappa shape index (κ1) is 25.7. The Morgan fingerprint density at radius 3 is 1.28 bits per heavy atom. The molecule has 2 heterocycles. The molecule has 2 aliphatic rings. The van der Waals surface area contributed by atoms with Gasteiger partial charge in [-0.05, 0) is 105 Å². The Bertz CT molecular complexity index is 3180. The summed E-state index contributed by atoms with van der Waals surface area (Å²) in [4.78, 5) is 4.23. The lowest BCUT2D eigenvalue weighted by atomic mass is 9.90. The van der Waals surface area contributed by atoms with Gasteiger partial charge in [0.15, 0.2) is 0 Å². The minimum absolute atomic E-state index is 0.111. The van der Waals surface area contributed by atoms with E-state index >= 15 is 0 Å². The van der Waals surface area contributed by atoms with Crippen LogP contribution in [-0.2, 0) is 0 Å². The third-order valence-corrected chi connectivity index (χ3v) is 10.8. The van der Waals surface area contributed by atoms with Crippen molar-refractivity contribution in [1.82, 2.24) is 0 Å². The topological polar surface area (TPSA) is 6.48 Å². The number of nitrogens with zero attached hydrogens (tertiary/aromatic N) is 2. The zero-order chi connectivity index (χ0) is 39.9. The average molecular weight is 692 g/mol. The van der Waals surface area contributed by atoms with E-state index in [-0.39, 0.29) is 29.9 Å². The second kappa shape index (κ2) is 12.2. The van der Waals surface area contributed by atoms with E-state index in [1.54, 1.807) is 0 Å². The van der Waals surface area contributed by atoms with Gasteiger partial charge >= 0.3 is 0 Å². The molecule has 2 heteroatoms. The monoisotopic (exact) mass is 691 g/mol. The van der Waals surface area contributed by atoms with Crippen molar-refractivity contribution < 1.29 is 6.85 Å². The molecule has 0 spiro atoms.